The second-order valence-electron chi connectivity index (χ2n) is 5.49. The van der Waals surface area contributed by atoms with Crippen molar-refractivity contribution < 1.29 is 4.79 Å². The van der Waals surface area contributed by atoms with Gasteiger partial charge in [-0.15, -0.1) is 11.8 Å². The minimum absolute atomic E-state index is 0.279. The van der Waals surface area contributed by atoms with E-state index in [1.54, 1.807) is 11.8 Å². The molecule has 2 rings (SSSR count). The summed E-state index contributed by atoms with van der Waals surface area (Å²) in [6.07, 6.45) is 4.14. The van der Waals surface area contributed by atoms with Gasteiger partial charge in [-0.25, -0.2) is 0 Å². The Morgan fingerprint density at radius 3 is 2.65 bits per heavy atom. The molecule has 0 aliphatic heterocycles. The molecule has 110 valence electrons. The molecule has 1 fully saturated rings. The summed E-state index contributed by atoms with van der Waals surface area (Å²) in [5, 5.41) is 0.764. The summed E-state index contributed by atoms with van der Waals surface area (Å²) in [6, 6.07) is 8.26. The fourth-order valence-electron chi connectivity index (χ4n) is 2.24. The van der Waals surface area contributed by atoms with Crippen molar-refractivity contribution in [2.75, 3.05) is 12.8 Å². The lowest BCUT2D eigenvalue weighted by atomic mass is 10.2. The molecule has 2 nitrogen and oxygen atoms in total. The highest BCUT2D eigenvalue weighted by atomic mass is 35.5. The summed E-state index contributed by atoms with van der Waals surface area (Å²) >= 11 is 7.63. The van der Waals surface area contributed by atoms with Crippen molar-refractivity contribution in [2.45, 2.75) is 43.5 Å². The smallest absolute Gasteiger partial charge is 0.222 e. The van der Waals surface area contributed by atoms with Crippen molar-refractivity contribution in [1.29, 1.82) is 0 Å². The van der Waals surface area contributed by atoms with E-state index in [4.69, 9.17) is 11.6 Å². The molecule has 0 heterocycles. The molecule has 1 aromatic rings. The van der Waals surface area contributed by atoms with Crippen LogP contribution in [0.5, 0.6) is 0 Å². The van der Waals surface area contributed by atoms with E-state index >= 15 is 0 Å². The quantitative estimate of drug-likeness (QED) is 0.547. The summed E-state index contributed by atoms with van der Waals surface area (Å²) in [4.78, 5) is 15.2. The molecule has 1 amide bonds. The number of hydrogen-bond acceptors (Lipinski definition) is 2. The van der Waals surface area contributed by atoms with Gasteiger partial charge in [-0.2, -0.15) is 0 Å². The molecule has 1 aliphatic rings. The lowest BCUT2D eigenvalue weighted by Gasteiger charge is -2.24. The van der Waals surface area contributed by atoms with E-state index in [9.17, 15) is 4.79 Å². The predicted molar refractivity (Wildman–Crippen MR) is 86.4 cm³/mol. The molecule has 1 aromatic carbocycles. The number of halogens is 1. The number of carbonyl (C=O) groups is 1. The fraction of sp³-hybridized carbons (Fsp3) is 0.562. The molecule has 1 unspecified atom stereocenters. The molecule has 0 saturated heterocycles. The Labute approximate surface area is 130 Å². The number of hydrogen-bond donors (Lipinski definition) is 0. The second-order valence-corrected chi connectivity index (χ2v) is 7.09. The maximum absolute atomic E-state index is 12.1. The van der Waals surface area contributed by atoms with Gasteiger partial charge in [-0.05, 0) is 62.1 Å². The average Bonchev–Trinajstić information content (AvgIpc) is 3.28. The van der Waals surface area contributed by atoms with Crippen molar-refractivity contribution >= 4 is 29.3 Å². The van der Waals surface area contributed by atoms with Crippen molar-refractivity contribution in [3.63, 3.8) is 0 Å². The van der Waals surface area contributed by atoms with Crippen LogP contribution in [0.1, 0.15) is 32.6 Å². The summed E-state index contributed by atoms with van der Waals surface area (Å²) in [6.45, 7) is 2.16. The maximum Gasteiger partial charge on any atom is 0.222 e. The van der Waals surface area contributed by atoms with E-state index in [-0.39, 0.29) is 5.91 Å². The van der Waals surface area contributed by atoms with Crippen LogP contribution in [0.15, 0.2) is 29.2 Å². The van der Waals surface area contributed by atoms with Crippen LogP contribution in [0.3, 0.4) is 0 Å². The highest BCUT2D eigenvalue weighted by Crippen LogP contribution is 2.34. The standard InChI is InChI=1S/C16H22ClNOS/c1-12(13-5-6-13)18(2)16(19)4-3-11-20-15-9-7-14(17)8-10-15/h7-10,12-13H,3-6,11H2,1-2H3. The number of carbonyl (C=O) groups excluding carboxylic acids is 1. The van der Waals surface area contributed by atoms with Crippen LogP contribution in [-0.4, -0.2) is 29.6 Å². The Balaban J connectivity index is 1.64. The minimum atomic E-state index is 0.279. The van der Waals surface area contributed by atoms with E-state index in [1.165, 1.54) is 17.7 Å². The van der Waals surface area contributed by atoms with E-state index in [0.29, 0.717) is 12.5 Å². The van der Waals surface area contributed by atoms with Crippen molar-refractivity contribution in [1.82, 2.24) is 4.90 Å². The Morgan fingerprint density at radius 1 is 1.40 bits per heavy atom. The van der Waals surface area contributed by atoms with Gasteiger partial charge in [0.25, 0.3) is 0 Å². The van der Waals surface area contributed by atoms with Crippen LogP contribution in [0.4, 0.5) is 0 Å². The topological polar surface area (TPSA) is 20.3 Å². The predicted octanol–water partition coefficient (Wildman–Crippen LogP) is 4.47. The highest BCUT2D eigenvalue weighted by molar-refractivity contribution is 7.99. The fourth-order valence-corrected chi connectivity index (χ4v) is 3.22. The first-order valence-corrected chi connectivity index (χ1v) is 8.58. The van der Waals surface area contributed by atoms with Crippen LogP contribution in [-0.2, 0) is 4.79 Å². The molecule has 1 aliphatic carbocycles. The van der Waals surface area contributed by atoms with Crippen molar-refractivity contribution in [2.24, 2.45) is 5.92 Å². The van der Waals surface area contributed by atoms with Gasteiger partial charge in [-0.1, -0.05) is 11.6 Å². The van der Waals surface area contributed by atoms with E-state index in [2.05, 4.69) is 6.92 Å². The zero-order chi connectivity index (χ0) is 14.5. The van der Waals surface area contributed by atoms with E-state index in [0.717, 1.165) is 23.1 Å². The van der Waals surface area contributed by atoms with Gasteiger partial charge in [0.2, 0.25) is 5.91 Å². The van der Waals surface area contributed by atoms with E-state index in [1.807, 2.05) is 36.2 Å². The molecule has 1 atom stereocenters. The molecule has 0 bridgehead atoms. The van der Waals surface area contributed by atoms with Crippen LogP contribution in [0, 0.1) is 5.92 Å². The van der Waals surface area contributed by atoms with Crippen LogP contribution < -0.4 is 0 Å². The molecule has 0 aromatic heterocycles. The third kappa shape index (κ3) is 4.71. The number of nitrogens with zero attached hydrogens (tertiary/aromatic N) is 1. The molecule has 0 spiro atoms. The Morgan fingerprint density at radius 2 is 2.05 bits per heavy atom. The van der Waals surface area contributed by atoms with Gasteiger partial charge in [0.05, 0.1) is 0 Å². The zero-order valence-electron chi connectivity index (χ0n) is 12.1. The van der Waals surface area contributed by atoms with E-state index < -0.39 is 0 Å². The van der Waals surface area contributed by atoms with Gasteiger partial charge in [0, 0.05) is 29.4 Å². The highest BCUT2D eigenvalue weighted by Gasteiger charge is 2.32. The first-order chi connectivity index (χ1) is 9.58. The third-order valence-electron chi connectivity index (χ3n) is 3.93. The molecule has 1 saturated carbocycles. The number of benzene rings is 1. The lowest BCUT2D eigenvalue weighted by Crippen LogP contribution is -2.36. The van der Waals surface area contributed by atoms with Crippen molar-refractivity contribution in [3.05, 3.63) is 29.3 Å². The molecule has 20 heavy (non-hydrogen) atoms. The summed E-state index contributed by atoms with van der Waals surface area (Å²) < 4.78 is 0. The molecular weight excluding hydrogens is 290 g/mol. The molecule has 0 N–H and O–H groups in total. The monoisotopic (exact) mass is 311 g/mol. The summed E-state index contributed by atoms with van der Waals surface area (Å²) in [7, 11) is 1.94. The zero-order valence-corrected chi connectivity index (χ0v) is 13.7. The van der Waals surface area contributed by atoms with Gasteiger partial charge >= 0.3 is 0 Å². The Kier molecular flexibility index (Phi) is 5.79. The molecule has 0 radical (unpaired) electrons. The molecular formula is C16H22ClNOS. The molecule has 4 heteroatoms. The summed E-state index contributed by atoms with van der Waals surface area (Å²) in [5.41, 5.74) is 0. The first-order valence-electron chi connectivity index (χ1n) is 7.22. The average molecular weight is 312 g/mol. The number of rotatable bonds is 7. The first kappa shape index (κ1) is 15.7. The largest absolute Gasteiger partial charge is 0.343 e. The van der Waals surface area contributed by atoms with Gasteiger partial charge in [-0.3, -0.25) is 4.79 Å². The minimum Gasteiger partial charge on any atom is -0.343 e. The Bertz CT molecular complexity index is 444. The van der Waals surface area contributed by atoms with Gasteiger partial charge in [0.1, 0.15) is 0 Å². The number of thioether (sulfide) groups is 1. The van der Waals surface area contributed by atoms with Crippen LogP contribution in [0.2, 0.25) is 5.02 Å². The van der Waals surface area contributed by atoms with Crippen molar-refractivity contribution in [3.8, 4) is 0 Å². The second kappa shape index (κ2) is 7.37. The lowest BCUT2D eigenvalue weighted by molar-refractivity contribution is -0.132. The SMILES string of the molecule is CC(C1CC1)N(C)C(=O)CCCSc1ccc(Cl)cc1. The maximum atomic E-state index is 12.1. The van der Waals surface area contributed by atoms with Crippen LogP contribution >= 0.6 is 23.4 Å². The summed E-state index contributed by atoms with van der Waals surface area (Å²) in [5.74, 6) is 1.99. The van der Waals surface area contributed by atoms with Gasteiger partial charge < -0.3 is 4.90 Å². The normalized spacial score (nSPS) is 15.9. The third-order valence-corrected chi connectivity index (χ3v) is 5.28. The Hall–Kier alpha value is -0.670. The number of amides is 1. The van der Waals surface area contributed by atoms with Gasteiger partial charge in [0.15, 0.2) is 0 Å². The van der Waals surface area contributed by atoms with Crippen LogP contribution in [0.25, 0.3) is 0 Å².